The van der Waals surface area contributed by atoms with Gasteiger partial charge in [0, 0.05) is 0 Å². The van der Waals surface area contributed by atoms with E-state index in [1.54, 1.807) is 31.2 Å². The summed E-state index contributed by atoms with van der Waals surface area (Å²) in [7, 11) is 0. The number of anilines is 1. The average Bonchev–Trinajstić information content (AvgIpc) is 2.71. The molecule has 1 aliphatic heterocycles. The third kappa shape index (κ3) is 2.02. The van der Waals surface area contributed by atoms with E-state index in [1.807, 2.05) is 0 Å². The van der Waals surface area contributed by atoms with Crippen LogP contribution in [0.2, 0.25) is 15.2 Å². The van der Waals surface area contributed by atoms with Crippen molar-refractivity contribution in [2.45, 2.75) is 6.92 Å². The average molecular weight is 342 g/mol. The maximum Gasteiger partial charge on any atom is 0.266 e. The first-order chi connectivity index (χ1) is 9.93. The molecular weight excluding hydrogens is 335 g/mol. The van der Waals surface area contributed by atoms with Gasteiger partial charge in [-0.2, -0.15) is 0 Å². The molecule has 2 aromatic rings. The van der Waals surface area contributed by atoms with Gasteiger partial charge in [0.15, 0.2) is 0 Å². The molecule has 0 spiro atoms. The number of pyridine rings is 1. The van der Waals surface area contributed by atoms with Crippen molar-refractivity contribution in [2.75, 3.05) is 4.90 Å². The minimum Gasteiger partial charge on any atom is -0.268 e. The first-order valence-electron chi connectivity index (χ1n) is 5.92. The Morgan fingerprint density at radius 2 is 1.48 bits per heavy atom. The molecule has 4 nitrogen and oxygen atoms in total. The zero-order valence-corrected chi connectivity index (χ0v) is 12.9. The molecule has 1 aromatic heterocycles. The van der Waals surface area contributed by atoms with Crippen molar-refractivity contribution in [1.82, 2.24) is 4.98 Å². The molecule has 0 atom stereocenters. The molecule has 0 bridgehead atoms. The van der Waals surface area contributed by atoms with Gasteiger partial charge in [-0.1, -0.05) is 46.9 Å². The number of nitrogens with zero attached hydrogens (tertiary/aromatic N) is 2. The SMILES string of the molecule is Cc1nc(Cl)c(Cl)c(N2C(=O)c3ccccc3C2=O)c1Cl. The van der Waals surface area contributed by atoms with Crippen LogP contribution in [0.4, 0.5) is 5.69 Å². The molecule has 0 saturated heterocycles. The number of halogens is 3. The summed E-state index contributed by atoms with van der Waals surface area (Å²) in [6, 6.07) is 6.52. The van der Waals surface area contributed by atoms with Crippen LogP contribution in [0.25, 0.3) is 0 Å². The Morgan fingerprint density at radius 1 is 0.952 bits per heavy atom. The lowest BCUT2D eigenvalue weighted by Gasteiger charge is -2.18. The lowest BCUT2D eigenvalue weighted by Crippen LogP contribution is -2.30. The smallest absolute Gasteiger partial charge is 0.266 e. The molecule has 0 radical (unpaired) electrons. The van der Waals surface area contributed by atoms with E-state index in [0.29, 0.717) is 16.8 Å². The van der Waals surface area contributed by atoms with Crippen molar-refractivity contribution >= 4 is 52.3 Å². The van der Waals surface area contributed by atoms with E-state index in [0.717, 1.165) is 4.90 Å². The van der Waals surface area contributed by atoms with Crippen molar-refractivity contribution in [2.24, 2.45) is 0 Å². The minimum atomic E-state index is -0.485. The molecule has 1 aliphatic rings. The summed E-state index contributed by atoms with van der Waals surface area (Å²) in [6.45, 7) is 1.62. The highest BCUT2D eigenvalue weighted by Gasteiger charge is 2.39. The highest BCUT2D eigenvalue weighted by molar-refractivity contribution is 6.48. The number of amides is 2. The number of benzene rings is 1. The number of aryl methyl sites for hydroxylation is 1. The van der Waals surface area contributed by atoms with E-state index < -0.39 is 11.8 Å². The Labute approximate surface area is 135 Å². The Morgan fingerprint density at radius 3 is 2.00 bits per heavy atom. The monoisotopic (exact) mass is 340 g/mol. The minimum absolute atomic E-state index is 0.00915. The quantitative estimate of drug-likeness (QED) is 0.578. The van der Waals surface area contributed by atoms with Gasteiger partial charge < -0.3 is 0 Å². The fourth-order valence-corrected chi connectivity index (χ4v) is 2.91. The normalized spacial score (nSPS) is 13.8. The predicted octanol–water partition coefficient (Wildman–Crippen LogP) is 4.15. The number of aromatic nitrogens is 1. The largest absolute Gasteiger partial charge is 0.268 e. The van der Waals surface area contributed by atoms with Gasteiger partial charge in [0.2, 0.25) is 0 Å². The van der Waals surface area contributed by atoms with E-state index >= 15 is 0 Å². The zero-order valence-electron chi connectivity index (χ0n) is 10.7. The van der Waals surface area contributed by atoms with Crippen molar-refractivity contribution in [3.8, 4) is 0 Å². The summed E-state index contributed by atoms with van der Waals surface area (Å²) in [4.78, 5) is 29.8. The van der Waals surface area contributed by atoms with Crippen molar-refractivity contribution in [1.29, 1.82) is 0 Å². The predicted molar refractivity (Wildman–Crippen MR) is 81.6 cm³/mol. The molecule has 0 saturated carbocycles. The molecule has 0 fully saturated rings. The number of hydrogen-bond donors (Lipinski definition) is 0. The maximum atomic E-state index is 12.5. The summed E-state index contributed by atoms with van der Waals surface area (Å²) in [5, 5.41) is 0.0887. The Balaban J connectivity index is 2.25. The van der Waals surface area contributed by atoms with Crippen LogP contribution < -0.4 is 4.90 Å². The van der Waals surface area contributed by atoms with Gasteiger partial charge in [0.25, 0.3) is 11.8 Å². The molecule has 21 heavy (non-hydrogen) atoms. The van der Waals surface area contributed by atoms with Crippen LogP contribution in [0.15, 0.2) is 24.3 Å². The third-order valence-electron chi connectivity index (χ3n) is 3.20. The molecule has 2 heterocycles. The van der Waals surface area contributed by atoms with Crippen LogP contribution in [0.1, 0.15) is 26.4 Å². The highest BCUT2D eigenvalue weighted by Crippen LogP contribution is 2.42. The number of carbonyl (C=O) groups is 2. The molecule has 7 heteroatoms. The molecule has 0 unspecified atom stereocenters. The van der Waals surface area contributed by atoms with Gasteiger partial charge in [0.1, 0.15) is 10.2 Å². The van der Waals surface area contributed by atoms with E-state index in [9.17, 15) is 9.59 Å². The molecule has 3 rings (SSSR count). The molecule has 0 N–H and O–H groups in total. The molecule has 0 aliphatic carbocycles. The van der Waals surface area contributed by atoms with Crippen molar-refractivity contribution in [3.05, 3.63) is 56.3 Å². The lowest BCUT2D eigenvalue weighted by molar-refractivity contribution is 0.0926. The third-order valence-corrected chi connectivity index (χ3v) is 4.38. The zero-order chi connectivity index (χ0) is 15.3. The summed E-state index contributed by atoms with van der Waals surface area (Å²) >= 11 is 18.2. The summed E-state index contributed by atoms with van der Waals surface area (Å²) in [5.41, 5.74) is 1.07. The van der Waals surface area contributed by atoms with Crippen LogP contribution in [0.3, 0.4) is 0 Å². The van der Waals surface area contributed by atoms with Crippen molar-refractivity contribution in [3.63, 3.8) is 0 Å². The van der Waals surface area contributed by atoms with Crippen LogP contribution in [-0.2, 0) is 0 Å². The van der Waals surface area contributed by atoms with E-state index in [-0.39, 0.29) is 20.9 Å². The number of imide groups is 1. The second kappa shape index (κ2) is 4.98. The summed E-state index contributed by atoms with van der Waals surface area (Å²) < 4.78 is 0. The first kappa shape index (κ1) is 14.3. The number of carbonyl (C=O) groups excluding carboxylic acids is 2. The fraction of sp³-hybridized carbons (Fsp3) is 0.0714. The molecular formula is C14H7Cl3N2O2. The van der Waals surface area contributed by atoms with Gasteiger partial charge in [-0.15, -0.1) is 0 Å². The molecule has 1 aromatic carbocycles. The maximum absolute atomic E-state index is 12.5. The number of hydrogen-bond acceptors (Lipinski definition) is 3. The van der Waals surface area contributed by atoms with Crippen molar-refractivity contribution < 1.29 is 9.59 Å². The van der Waals surface area contributed by atoms with Crippen LogP contribution >= 0.6 is 34.8 Å². The molecule has 2 amide bonds. The topological polar surface area (TPSA) is 50.3 Å². The van der Waals surface area contributed by atoms with Gasteiger partial charge >= 0.3 is 0 Å². The van der Waals surface area contributed by atoms with Gasteiger partial charge in [0.05, 0.1) is 27.5 Å². The van der Waals surface area contributed by atoms with Gasteiger partial charge in [-0.05, 0) is 19.1 Å². The lowest BCUT2D eigenvalue weighted by atomic mass is 10.1. The van der Waals surface area contributed by atoms with E-state index in [1.165, 1.54) is 0 Å². The van der Waals surface area contributed by atoms with Gasteiger partial charge in [-0.25, -0.2) is 9.88 Å². The standard InChI is InChI=1S/C14H7Cl3N2O2/c1-6-9(15)11(10(16)12(17)18-6)19-13(20)7-4-2-3-5-8(7)14(19)21/h2-5H,1H3. The van der Waals surface area contributed by atoms with E-state index in [2.05, 4.69) is 4.98 Å². The Kier molecular flexibility index (Phi) is 3.40. The van der Waals surface area contributed by atoms with Crippen LogP contribution in [0.5, 0.6) is 0 Å². The summed E-state index contributed by atoms with van der Waals surface area (Å²) in [5.74, 6) is -0.970. The van der Waals surface area contributed by atoms with Crippen LogP contribution in [0, 0.1) is 6.92 Å². The number of rotatable bonds is 1. The second-order valence-electron chi connectivity index (χ2n) is 4.46. The fourth-order valence-electron chi connectivity index (χ4n) is 2.20. The summed E-state index contributed by atoms with van der Waals surface area (Å²) in [6.07, 6.45) is 0. The highest BCUT2D eigenvalue weighted by atomic mass is 35.5. The second-order valence-corrected chi connectivity index (χ2v) is 5.57. The van der Waals surface area contributed by atoms with Gasteiger partial charge in [-0.3, -0.25) is 9.59 Å². The first-order valence-corrected chi connectivity index (χ1v) is 7.05. The molecule has 106 valence electrons. The Hall–Kier alpha value is -1.62. The van der Waals surface area contributed by atoms with E-state index in [4.69, 9.17) is 34.8 Å². The van der Waals surface area contributed by atoms with Crippen LogP contribution in [-0.4, -0.2) is 16.8 Å². The number of fused-ring (bicyclic) bond motifs is 1. The Bertz CT molecular complexity index is 744.